The van der Waals surface area contributed by atoms with E-state index in [1.807, 2.05) is 18.2 Å². The van der Waals surface area contributed by atoms with E-state index in [4.69, 9.17) is 19.2 Å². The predicted octanol–water partition coefficient (Wildman–Crippen LogP) is 4.89. The summed E-state index contributed by atoms with van der Waals surface area (Å²) in [5.41, 5.74) is 3.65. The van der Waals surface area contributed by atoms with E-state index in [9.17, 15) is 5.26 Å². The van der Waals surface area contributed by atoms with Crippen molar-refractivity contribution in [3.05, 3.63) is 65.9 Å². The van der Waals surface area contributed by atoms with Gasteiger partial charge in [-0.2, -0.15) is 5.26 Å². The third-order valence-corrected chi connectivity index (χ3v) is 7.80. The summed E-state index contributed by atoms with van der Waals surface area (Å²) in [4.78, 5) is 11.7. The van der Waals surface area contributed by atoms with Crippen LogP contribution in [-0.2, 0) is 9.47 Å². The Kier molecular flexibility index (Phi) is 7.49. The highest BCUT2D eigenvalue weighted by Crippen LogP contribution is 2.31. The van der Waals surface area contributed by atoms with Crippen LogP contribution in [0.1, 0.15) is 42.7 Å². The molecule has 0 unspecified atom stereocenters. The normalized spacial score (nSPS) is 19.4. The van der Waals surface area contributed by atoms with Gasteiger partial charge in [0.05, 0.1) is 38.0 Å². The molecular weight excluding hydrogens is 478 g/mol. The third-order valence-electron chi connectivity index (χ3n) is 7.80. The Morgan fingerprint density at radius 2 is 1.74 bits per heavy atom. The molecule has 1 N–H and O–H groups in total. The van der Waals surface area contributed by atoms with Crippen LogP contribution in [0.3, 0.4) is 0 Å². The van der Waals surface area contributed by atoms with Crippen molar-refractivity contribution < 1.29 is 14.2 Å². The summed E-state index contributed by atoms with van der Waals surface area (Å²) in [7, 11) is 0. The van der Waals surface area contributed by atoms with Crippen LogP contribution in [0.5, 0.6) is 5.75 Å². The maximum Gasteiger partial charge on any atom is 0.161 e. The predicted molar refractivity (Wildman–Crippen MR) is 145 cm³/mol. The molecule has 8 nitrogen and oxygen atoms in total. The van der Waals surface area contributed by atoms with Crippen LogP contribution < -0.4 is 10.1 Å². The number of nitriles is 1. The maximum absolute atomic E-state index is 9.72. The zero-order valence-corrected chi connectivity index (χ0v) is 21.5. The number of rotatable bonds is 7. The zero-order valence-electron chi connectivity index (χ0n) is 21.5. The second-order valence-electron chi connectivity index (χ2n) is 10.3. The van der Waals surface area contributed by atoms with E-state index in [1.165, 1.54) is 18.4 Å². The second-order valence-corrected chi connectivity index (χ2v) is 10.3. The fourth-order valence-electron chi connectivity index (χ4n) is 5.42. The van der Waals surface area contributed by atoms with Gasteiger partial charge in [-0.25, -0.2) is 9.97 Å². The van der Waals surface area contributed by atoms with Crippen LogP contribution >= 0.6 is 0 Å². The van der Waals surface area contributed by atoms with Crippen molar-refractivity contribution in [1.29, 1.82) is 5.26 Å². The van der Waals surface area contributed by atoms with Crippen molar-refractivity contribution in [3.8, 4) is 23.2 Å². The van der Waals surface area contributed by atoms with Crippen molar-refractivity contribution in [2.24, 2.45) is 0 Å². The zero-order chi connectivity index (χ0) is 25.7. The Bertz CT molecular complexity index is 1270. The van der Waals surface area contributed by atoms with Crippen molar-refractivity contribution in [1.82, 2.24) is 14.9 Å². The number of hydrogen-bond acceptors (Lipinski definition) is 8. The van der Waals surface area contributed by atoms with Gasteiger partial charge in [0.2, 0.25) is 0 Å². The topological polar surface area (TPSA) is 92.5 Å². The summed E-state index contributed by atoms with van der Waals surface area (Å²) in [6.07, 6.45) is 5.87. The van der Waals surface area contributed by atoms with Gasteiger partial charge in [0.15, 0.2) is 5.82 Å². The minimum absolute atomic E-state index is 0.0760. The number of ether oxygens (including phenoxy) is 3. The van der Waals surface area contributed by atoms with Gasteiger partial charge in [0.25, 0.3) is 0 Å². The number of aromatic nitrogens is 2. The summed E-state index contributed by atoms with van der Waals surface area (Å²) < 4.78 is 16.8. The standard InChI is InChI=1S/C30H33N5O3/c31-18-24-17-23(3-6-28(24)38-27-10-15-36-16-11-27)30-32-12-7-29(34-30)33-25-4-1-21(2-5-25)22-8-13-35(14-9-22)26-19-37-20-26/h1-7,12,17,22,26-27H,8-11,13-16,19-20H2,(H,32,33,34). The van der Waals surface area contributed by atoms with E-state index in [1.54, 1.807) is 12.3 Å². The first kappa shape index (κ1) is 24.8. The van der Waals surface area contributed by atoms with Gasteiger partial charge in [-0.05, 0) is 73.8 Å². The van der Waals surface area contributed by atoms with E-state index < -0.39 is 0 Å². The SMILES string of the molecule is N#Cc1cc(-c2nccc(Nc3ccc(C4CCN(C5COC5)CC4)cc3)n2)ccc1OC1CCOCC1. The van der Waals surface area contributed by atoms with Gasteiger partial charge in [-0.3, -0.25) is 4.90 Å². The molecule has 1 aromatic heterocycles. The van der Waals surface area contributed by atoms with E-state index in [2.05, 4.69) is 45.5 Å². The molecule has 4 heterocycles. The Morgan fingerprint density at radius 3 is 2.45 bits per heavy atom. The van der Waals surface area contributed by atoms with Gasteiger partial charge in [-0.1, -0.05) is 12.1 Å². The fraction of sp³-hybridized carbons (Fsp3) is 0.433. The van der Waals surface area contributed by atoms with Crippen molar-refractivity contribution in [2.45, 2.75) is 43.7 Å². The van der Waals surface area contributed by atoms with Crippen molar-refractivity contribution in [3.63, 3.8) is 0 Å². The van der Waals surface area contributed by atoms with Crippen molar-refractivity contribution >= 4 is 11.5 Å². The molecule has 2 aromatic carbocycles. The smallest absolute Gasteiger partial charge is 0.161 e. The molecular formula is C30H33N5O3. The first-order valence-corrected chi connectivity index (χ1v) is 13.6. The van der Waals surface area contributed by atoms with Gasteiger partial charge >= 0.3 is 0 Å². The summed E-state index contributed by atoms with van der Waals surface area (Å²) in [6.45, 7) is 5.47. The molecule has 3 aromatic rings. The van der Waals surface area contributed by atoms with E-state index in [0.29, 0.717) is 48.1 Å². The van der Waals surface area contributed by atoms with Gasteiger partial charge in [0.1, 0.15) is 23.7 Å². The Hall–Kier alpha value is -3.51. The molecule has 6 rings (SSSR count). The summed E-state index contributed by atoms with van der Waals surface area (Å²) in [5.74, 6) is 2.48. The molecule has 0 atom stereocenters. The van der Waals surface area contributed by atoms with Gasteiger partial charge in [0, 0.05) is 30.3 Å². The highest BCUT2D eigenvalue weighted by atomic mass is 16.5. The highest BCUT2D eigenvalue weighted by Gasteiger charge is 2.30. The number of likely N-dealkylation sites (tertiary alicyclic amines) is 1. The minimum Gasteiger partial charge on any atom is -0.489 e. The lowest BCUT2D eigenvalue weighted by atomic mass is 9.88. The monoisotopic (exact) mass is 511 g/mol. The molecule has 3 fully saturated rings. The van der Waals surface area contributed by atoms with Gasteiger partial charge < -0.3 is 19.5 Å². The molecule has 0 bridgehead atoms. The molecule has 3 aliphatic heterocycles. The number of nitrogens with zero attached hydrogens (tertiary/aromatic N) is 4. The van der Waals surface area contributed by atoms with Crippen LogP contribution in [-0.4, -0.2) is 66.5 Å². The molecule has 38 heavy (non-hydrogen) atoms. The maximum atomic E-state index is 9.72. The summed E-state index contributed by atoms with van der Waals surface area (Å²) >= 11 is 0. The molecule has 3 saturated heterocycles. The molecule has 8 heteroatoms. The quantitative estimate of drug-likeness (QED) is 0.479. The number of hydrogen-bond donors (Lipinski definition) is 1. The first-order valence-electron chi connectivity index (χ1n) is 13.6. The third kappa shape index (κ3) is 5.65. The highest BCUT2D eigenvalue weighted by molar-refractivity contribution is 5.64. The Labute approximate surface area is 223 Å². The lowest BCUT2D eigenvalue weighted by molar-refractivity contribution is -0.0712. The van der Waals surface area contributed by atoms with Gasteiger partial charge in [-0.15, -0.1) is 0 Å². The van der Waals surface area contributed by atoms with E-state index in [0.717, 1.165) is 50.4 Å². The minimum atomic E-state index is 0.0760. The van der Waals surface area contributed by atoms with E-state index >= 15 is 0 Å². The molecule has 0 saturated carbocycles. The number of benzene rings is 2. The Balaban J connectivity index is 1.10. The average Bonchev–Trinajstić information content (AvgIpc) is 2.94. The number of nitrogens with one attached hydrogen (secondary N) is 1. The molecule has 0 amide bonds. The molecule has 3 aliphatic rings. The summed E-state index contributed by atoms with van der Waals surface area (Å²) in [5, 5.41) is 13.1. The lowest BCUT2D eigenvalue weighted by Crippen LogP contribution is -2.51. The lowest BCUT2D eigenvalue weighted by Gasteiger charge is -2.41. The largest absolute Gasteiger partial charge is 0.489 e. The second kappa shape index (κ2) is 11.5. The number of anilines is 2. The first-order chi connectivity index (χ1) is 18.7. The van der Waals surface area contributed by atoms with Crippen LogP contribution in [0.2, 0.25) is 0 Å². The molecule has 196 valence electrons. The fourth-order valence-corrected chi connectivity index (χ4v) is 5.42. The number of piperidine rings is 1. The van der Waals surface area contributed by atoms with Crippen molar-refractivity contribution in [2.75, 3.05) is 44.8 Å². The van der Waals surface area contributed by atoms with E-state index in [-0.39, 0.29) is 6.10 Å². The molecule has 0 aliphatic carbocycles. The Morgan fingerprint density at radius 1 is 0.947 bits per heavy atom. The summed E-state index contributed by atoms with van der Waals surface area (Å²) in [6, 6.07) is 19.0. The van der Waals surface area contributed by atoms with Crippen LogP contribution in [0.25, 0.3) is 11.4 Å². The van der Waals surface area contributed by atoms with Crippen LogP contribution in [0.15, 0.2) is 54.7 Å². The van der Waals surface area contributed by atoms with Crippen LogP contribution in [0.4, 0.5) is 11.5 Å². The average molecular weight is 512 g/mol. The van der Waals surface area contributed by atoms with Crippen LogP contribution in [0, 0.1) is 11.3 Å². The molecule has 0 radical (unpaired) electrons. The molecule has 0 spiro atoms.